The van der Waals surface area contributed by atoms with Crippen molar-refractivity contribution in [1.82, 2.24) is 5.32 Å². The van der Waals surface area contributed by atoms with E-state index in [-0.39, 0.29) is 23.1 Å². The number of carbonyl (C=O) groups excluding carboxylic acids is 2. The lowest BCUT2D eigenvalue weighted by atomic mass is 9.81. The largest absolute Gasteiger partial charge is 0.377 e. The van der Waals surface area contributed by atoms with E-state index < -0.39 is 17.6 Å². The first-order valence-electron chi connectivity index (χ1n) is 8.15. The van der Waals surface area contributed by atoms with Crippen molar-refractivity contribution in [2.45, 2.75) is 40.2 Å². The number of aryl methyl sites for hydroxylation is 1. The van der Waals surface area contributed by atoms with Crippen molar-refractivity contribution in [3.8, 4) is 0 Å². The van der Waals surface area contributed by atoms with Gasteiger partial charge in [0.15, 0.2) is 0 Å². The van der Waals surface area contributed by atoms with Crippen LogP contribution in [0.2, 0.25) is 0 Å². The number of nitrogens with one attached hydrogen (secondary N) is 2. The van der Waals surface area contributed by atoms with Crippen molar-refractivity contribution in [3.63, 3.8) is 0 Å². The van der Waals surface area contributed by atoms with Gasteiger partial charge in [-0.1, -0.05) is 26.8 Å². The Morgan fingerprint density at radius 3 is 2.62 bits per heavy atom. The Labute approximate surface area is 142 Å². The third kappa shape index (κ3) is 4.54. The molecule has 0 unspecified atom stereocenters. The Morgan fingerprint density at radius 1 is 1.29 bits per heavy atom. The number of ether oxygens (including phenoxy) is 1. The van der Waals surface area contributed by atoms with Crippen LogP contribution in [-0.2, 0) is 14.3 Å². The van der Waals surface area contributed by atoms with E-state index in [9.17, 15) is 14.0 Å². The highest BCUT2D eigenvalue weighted by Gasteiger charge is 2.37. The lowest BCUT2D eigenvalue weighted by molar-refractivity contribution is -0.136. The molecule has 2 rings (SSSR count). The average Bonchev–Trinajstić information content (AvgIpc) is 2.96. The van der Waals surface area contributed by atoms with Gasteiger partial charge in [0.05, 0.1) is 11.8 Å². The molecule has 5 nitrogen and oxygen atoms in total. The van der Waals surface area contributed by atoms with Crippen LogP contribution in [0.25, 0.3) is 0 Å². The molecule has 2 N–H and O–H groups in total. The van der Waals surface area contributed by atoms with E-state index in [4.69, 9.17) is 4.74 Å². The highest BCUT2D eigenvalue weighted by molar-refractivity contribution is 6.39. The van der Waals surface area contributed by atoms with Gasteiger partial charge in [-0.05, 0) is 36.5 Å². The molecule has 2 atom stereocenters. The van der Waals surface area contributed by atoms with Crippen molar-refractivity contribution in [3.05, 3.63) is 29.6 Å². The zero-order valence-electron chi connectivity index (χ0n) is 14.6. The fourth-order valence-corrected chi connectivity index (χ4v) is 3.00. The fourth-order valence-electron chi connectivity index (χ4n) is 3.00. The van der Waals surface area contributed by atoms with Crippen LogP contribution in [0.15, 0.2) is 18.2 Å². The van der Waals surface area contributed by atoms with Gasteiger partial charge in [-0.25, -0.2) is 4.39 Å². The number of hydrogen-bond donors (Lipinski definition) is 2. The molecular weight excluding hydrogens is 311 g/mol. The molecule has 1 fully saturated rings. The van der Waals surface area contributed by atoms with Gasteiger partial charge in [0.2, 0.25) is 0 Å². The predicted molar refractivity (Wildman–Crippen MR) is 90.1 cm³/mol. The van der Waals surface area contributed by atoms with Crippen LogP contribution in [0.1, 0.15) is 32.8 Å². The summed E-state index contributed by atoms with van der Waals surface area (Å²) < 4.78 is 19.5. The van der Waals surface area contributed by atoms with E-state index in [0.29, 0.717) is 13.2 Å². The number of carbonyl (C=O) groups is 2. The summed E-state index contributed by atoms with van der Waals surface area (Å²) in [5.41, 5.74) is 0.709. The van der Waals surface area contributed by atoms with Crippen molar-refractivity contribution in [2.24, 2.45) is 11.3 Å². The summed E-state index contributed by atoms with van der Waals surface area (Å²) in [5.74, 6) is -2.04. The van der Waals surface area contributed by atoms with Gasteiger partial charge < -0.3 is 15.4 Å². The van der Waals surface area contributed by atoms with Crippen LogP contribution in [-0.4, -0.2) is 31.1 Å². The van der Waals surface area contributed by atoms with E-state index in [1.807, 2.05) is 0 Å². The first kappa shape index (κ1) is 18.4. The molecule has 1 aromatic carbocycles. The predicted octanol–water partition coefficient (Wildman–Crippen LogP) is 2.64. The molecule has 1 aliphatic rings. The summed E-state index contributed by atoms with van der Waals surface area (Å²) >= 11 is 0. The van der Waals surface area contributed by atoms with Crippen molar-refractivity contribution >= 4 is 17.5 Å². The zero-order valence-corrected chi connectivity index (χ0v) is 14.6. The minimum Gasteiger partial charge on any atom is -0.377 e. The Balaban J connectivity index is 1.89. The van der Waals surface area contributed by atoms with Gasteiger partial charge >= 0.3 is 11.8 Å². The molecule has 0 aromatic heterocycles. The topological polar surface area (TPSA) is 67.4 Å². The maximum atomic E-state index is 13.7. The van der Waals surface area contributed by atoms with Crippen LogP contribution >= 0.6 is 0 Å². The summed E-state index contributed by atoms with van der Waals surface area (Å²) in [5, 5.41) is 4.92. The van der Waals surface area contributed by atoms with Crippen molar-refractivity contribution in [1.29, 1.82) is 0 Å². The van der Waals surface area contributed by atoms with Gasteiger partial charge in [0.1, 0.15) is 5.82 Å². The van der Waals surface area contributed by atoms with Crippen LogP contribution < -0.4 is 10.6 Å². The average molecular weight is 336 g/mol. The molecule has 6 heteroatoms. The normalized spacial score (nSPS) is 20.7. The second-order valence-corrected chi connectivity index (χ2v) is 7.35. The number of halogens is 1. The molecule has 0 saturated carbocycles. The van der Waals surface area contributed by atoms with Crippen LogP contribution in [0.4, 0.5) is 10.1 Å². The first-order chi connectivity index (χ1) is 11.2. The fraction of sp³-hybridized carbons (Fsp3) is 0.556. The molecule has 0 bridgehead atoms. The molecular formula is C18H25FN2O3. The second kappa shape index (κ2) is 7.30. The SMILES string of the molecule is Cc1ccc(NC(=O)C(=O)NC[C@@H]2CCO[C@@H]2C(C)(C)C)c(F)c1. The summed E-state index contributed by atoms with van der Waals surface area (Å²) in [4.78, 5) is 23.9. The third-order valence-corrected chi connectivity index (χ3v) is 4.17. The van der Waals surface area contributed by atoms with Crippen LogP contribution in [0, 0.1) is 24.1 Å². The molecule has 132 valence electrons. The van der Waals surface area contributed by atoms with E-state index >= 15 is 0 Å². The summed E-state index contributed by atoms with van der Waals surface area (Å²) in [7, 11) is 0. The number of benzene rings is 1. The maximum Gasteiger partial charge on any atom is 0.313 e. The molecule has 1 aromatic rings. The van der Waals surface area contributed by atoms with Crippen LogP contribution in [0.5, 0.6) is 0 Å². The van der Waals surface area contributed by atoms with Gasteiger partial charge in [-0.15, -0.1) is 0 Å². The van der Waals surface area contributed by atoms with Gasteiger partial charge in [0.25, 0.3) is 0 Å². The minimum absolute atomic E-state index is 0.00230. The summed E-state index contributed by atoms with van der Waals surface area (Å²) in [6.07, 6.45) is 0.881. The lowest BCUT2D eigenvalue weighted by Gasteiger charge is -2.31. The number of anilines is 1. The van der Waals surface area contributed by atoms with Gasteiger partial charge in [-0.3, -0.25) is 9.59 Å². The Hall–Kier alpha value is -1.95. The molecule has 1 aliphatic heterocycles. The van der Waals surface area contributed by atoms with E-state index in [1.54, 1.807) is 13.0 Å². The minimum atomic E-state index is -0.871. The Kier molecular flexibility index (Phi) is 5.59. The third-order valence-electron chi connectivity index (χ3n) is 4.17. The Bertz CT molecular complexity index is 625. The zero-order chi connectivity index (χ0) is 17.9. The smallest absolute Gasteiger partial charge is 0.313 e. The maximum absolute atomic E-state index is 13.7. The highest BCUT2D eigenvalue weighted by Crippen LogP contribution is 2.34. The molecule has 24 heavy (non-hydrogen) atoms. The number of hydrogen-bond acceptors (Lipinski definition) is 3. The molecule has 0 radical (unpaired) electrons. The van der Waals surface area contributed by atoms with E-state index in [0.717, 1.165) is 12.0 Å². The monoisotopic (exact) mass is 336 g/mol. The van der Waals surface area contributed by atoms with Crippen molar-refractivity contribution < 1.29 is 18.7 Å². The van der Waals surface area contributed by atoms with Crippen molar-refractivity contribution in [2.75, 3.05) is 18.5 Å². The van der Waals surface area contributed by atoms with Gasteiger partial charge in [-0.2, -0.15) is 0 Å². The lowest BCUT2D eigenvalue weighted by Crippen LogP contribution is -2.42. The first-order valence-corrected chi connectivity index (χ1v) is 8.15. The van der Waals surface area contributed by atoms with Gasteiger partial charge in [0, 0.05) is 19.1 Å². The number of rotatable bonds is 3. The van der Waals surface area contributed by atoms with E-state index in [1.165, 1.54) is 12.1 Å². The summed E-state index contributed by atoms with van der Waals surface area (Å²) in [6, 6.07) is 4.41. The summed E-state index contributed by atoms with van der Waals surface area (Å²) in [6.45, 7) is 9.03. The molecule has 1 saturated heterocycles. The quantitative estimate of drug-likeness (QED) is 0.834. The molecule has 0 aliphatic carbocycles. The highest BCUT2D eigenvalue weighted by atomic mass is 19.1. The number of amides is 2. The molecule has 1 heterocycles. The van der Waals surface area contributed by atoms with E-state index in [2.05, 4.69) is 31.4 Å². The Morgan fingerprint density at radius 2 is 2.00 bits per heavy atom. The molecule has 0 spiro atoms. The van der Waals surface area contributed by atoms with Crippen LogP contribution in [0.3, 0.4) is 0 Å². The molecule has 2 amide bonds. The second-order valence-electron chi connectivity index (χ2n) is 7.35. The standard InChI is InChI=1S/C18H25FN2O3/c1-11-5-6-14(13(19)9-11)21-17(23)16(22)20-10-12-7-8-24-15(12)18(2,3)4/h5-6,9,12,15H,7-8,10H2,1-4H3,(H,20,22)(H,21,23)/t12-,15-/m0/s1.